The minimum atomic E-state index is 0.0450. The molecule has 0 fully saturated rings. The summed E-state index contributed by atoms with van der Waals surface area (Å²) in [6.07, 6.45) is 1.23. The number of aryl methyl sites for hydroxylation is 1. The molecule has 1 aliphatic rings. The third-order valence-corrected chi connectivity index (χ3v) is 4.15. The zero-order valence-electron chi connectivity index (χ0n) is 10.6. The van der Waals surface area contributed by atoms with Gasteiger partial charge in [-0.25, -0.2) is 0 Å². The second-order valence-corrected chi connectivity index (χ2v) is 5.42. The number of thiophene rings is 1. The van der Waals surface area contributed by atoms with E-state index in [1.807, 2.05) is 29.0 Å². The molecule has 3 nitrogen and oxygen atoms in total. The van der Waals surface area contributed by atoms with Crippen LogP contribution in [0.5, 0.6) is 0 Å². The van der Waals surface area contributed by atoms with Crippen LogP contribution in [0.4, 0.5) is 5.69 Å². The van der Waals surface area contributed by atoms with Gasteiger partial charge >= 0.3 is 0 Å². The van der Waals surface area contributed by atoms with Gasteiger partial charge in [-0.15, -0.1) is 0 Å². The predicted octanol–water partition coefficient (Wildman–Crippen LogP) is 2.89. The summed E-state index contributed by atoms with van der Waals surface area (Å²) in [6.45, 7) is 0. The van der Waals surface area contributed by atoms with Crippen LogP contribution in [0.2, 0.25) is 0 Å². The van der Waals surface area contributed by atoms with Gasteiger partial charge in [0.15, 0.2) is 5.78 Å². The van der Waals surface area contributed by atoms with Crippen molar-refractivity contribution < 1.29 is 9.59 Å². The van der Waals surface area contributed by atoms with Gasteiger partial charge in [-0.05, 0) is 41.6 Å². The minimum absolute atomic E-state index is 0.0450. The van der Waals surface area contributed by atoms with E-state index in [0.29, 0.717) is 18.4 Å². The van der Waals surface area contributed by atoms with Gasteiger partial charge in [0.25, 0.3) is 0 Å². The number of hydrogen-bond donors (Lipinski definition) is 0. The quantitative estimate of drug-likeness (QED) is 0.788. The molecule has 0 N–H and O–H groups in total. The highest BCUT2D eigenvalue weighted by atomic mass is 32.1. The van der Waals surface area contributed by atoms with Crippen molar-refractivity contribution in [3.8, 4) is 0 Å². The molecule has 0 saturated carbocycles. The number of ketones is 1. The lowest BCUT2D eigenvalue weighted by Crippen LogP contribution is -2.31. The van der Waals surface area contributed by atoms with E-state index in [1.54, 1.807) is 18.0 Å². The van der Waals surface area contributed by atoms with Gasteiger partial charge < -0.3 is 4.90 Å². The molecule has 4 heteroatoms. The van der Waals surface area contributed by atoms with E-state index in [9.17, 15) is 9.59 Å². The average Bonchev–Trinajstić information content (AvgIpc) is 2.96. The standard InChI is InChI=1S/C15H13NO2S/c1-16-13-4-2-11(8-10(13)3-5-14(16)17)15(18)12-6-7-19-9-12/h2,4,6-9H,3,5H2,1H3. The smallest absolute Gasteiger partial charge is 0.227 e. The van der Waals surface area contributed by atoms with Crippen molar-refractivity contribution in [2.24, 2.45) is 0 Å². The molecule has 1 aromatic carbocycles. The lowest BCUT2D eigenvalue weighted by molar-refractivity contribution is -0.118. The van der Waals surface area contributed by atoms with Crippen molar-refractivity contribution in [2.45, 2.75) is 12.8 Å². The summed E-state index contributed by atoms with van der Waals surface area (Å²) in [4.78, 5) is 25.6. The molecule has 0 aliphatic carbocycles. The number of benzene rings is 1. The molecule has 0 saturated heterocycles. The molecule has 19 heavy (non-hydrogen) atoms. The maximum absolute atomic E-state index is 12.3. The van der Waals surface area contributed by atoms with E-state index in [-0.39, 0.29) is 11.7 Å². The van der Waals surface area contributed by atoms with Crippen molar-refractivity contribution in [1.82, 2.24) is 0 Å². The fourth-order valence-corrected chi connectivity index (χ4v) is 2.99. The summed E-state index contributed by atoms with van der Waals surface area (Å²) < 4.78 is 0. The van der Waals surface area contributed by atoms with Gasteiger partial charge in [0, 0.05) is 35.7 Å². The van der Waals surface area contributed by atoms with Crippen LogP contribution in [0.15, 0.2) is 35.0 Å². The SMILES string of the molecule is CN1C(=O)CCc2cc(C(=O)c3ccsc3)ccc21. The largest absolute Gasteiger partial charge is 0.315 e. The Morgan fingerprint density at radius 2 is 2.05 bits per heavy atom. The number of carbonyl (C=O) groups is 2. The first kappa shape index (κ1) is 12.1. The summed E-state index contributed by atoms with van der Waals surface area (Å²) in [5, 5.41) is 3.76. The molecule has 0 unspecified atom stereocenters. The molecule has 1 amide bonds. The summed E-state index contributed by atoms with van der Waals surface area (Å²) >= 11 is 1.52. The molecule has 0 spiro atoms. The number of hydrogen-bond acceptors (Lipinski definition) is 3. The molecule has 3 rings (SSSR count). The van der Waals surface area contributed by atoms with E-state index < -0.39 is 0 Å². The Hall–Kier alpha value is -1.94. The number of amides is 1. The normalized spacial score (nSPS) is 14.4. The Labute approximate surface area is 115 Å². The molecule has 0 radical (unpaired) electrons. The molecule has 1 aliphatic heterocycles. The maximum atomic E-state index is 12.3. The van der Waals surface area contributed by atoms with Gasteiger partial charge in [-0.2, -0.15) is 11.3 Å². The van der Waals surface area contributed by atoms with Crippen LogP contribution < -0.4 is 4.90 Å². The van der Waals surface area contributed by atoms with E-state index in [0.717, 1.165) is 16.8 Å². The molecular weight excluding hydrogens is 258 g/mol. The fourth-order valence-electron chi connectivity index (χ4n) is 2.36. The highest BCUT2D eigenvalue weighted by molar-refractivity contribution is 7.08. The van der Waals surface area contributed by atoms with Crippen LogP contribution in [0.25, 0.3) is 0 Å². The Morgan fingerprint density at radius 1 is 1.21 bits per heavy atom. The van der Waals surface area contributed by atoms with Crippen LogP contribution in [-0.2, 0) is 11.2 Å². The fraction of sp³-hybridized carbons (Fsp3) is 0.200. The highest BCUT2D eigenvalue weighted by Crippen LogP contribution is 2.28. The van der Waals surface area contributed by atoms with Crippen molar-refractivity contribution in [1.29, 1.82) is 0 Å². The molecule has 0 atom stereocenters. The number of nitrogens with zero attached hydrogens (tertiary/aromatic N) is 1. The van der Waals surface area contributed by atoms with Crippen LogP contribution in [-0.4, -0.2) is 18.7 Å². The molecule has 2 aromatic rings. The Kier molecular flexibility index (Phi) is 2.95. The molecule has 0 bridgehead atoms. The van der Waals surface area contributed by atoms with Crippen molar-refractivity contribution in [2.75, 3.05) is 11.9 Å². The zero-order valence-corrected chi connectivity index (χ0v) is 11.4. The van der Waals surface area contributed by atoms with E-state index in [1.165, 1.54) is 11.3 Å². The predicted molar refractivity (Wildman–Crippen MR) is 75.9 cm³/mol. The second kappa shape index (κ2) is 4.63. The van der Waals surface area contributed by atoms with Crippen molar-refractivity contribution >= 4 is 28.7 Å². The number of anilines is 1. The van der Waals surface area contributed by atoms with Crippen LogP contribution in [0, 0.1) is 0 Å². The second-order valence-electron chi connectivity index (χ2n) is 4.64. The van der Waals surface area contributed by atoms with Crippen molar-refractivity contribution in [3.63, 3.8) is 0 Å². The Morgan fingerprint density at radius 3 is 2.79 bits per heavy atom. The topological polar surface area (TPSA) is 37.4 Å². The van der Waals surface area contributed by atoms with Gasteiger partial charge in [0.05, 0.1) is 0 Å². The first-order valence-corrected chi connectivity index (χ1v) is 7.07. The zero-order chi connectivity index (χ0) is 13.4. The first-order chi connectivity index (χ1) is 9.16. The van der Waals surface area contributed by atoms with Crippen LogP contribution in [0.1, 0.15) is 27.9 Å². The monoisotopic (exact) mass is 271 g/mol. The Balaban J connectivity index is 1.98. The number of fused-ring (bicyclic) bond motifs is 1. The lowest BCUT2D eigenvalue weighted by atomic mass is 9.96. The molecular formula is C15H13NO2S. The van der Waals surface area contributed by atoms with Gasteiger partial charge in [-0.1, -0.05) is 0 Å². The summed E-state index contributed by atoms with van der Waals surface area (Å²) in [5.74, 6) is 0.174. The number of carbonyl (C=O) groups excluding carboxylic acids is 2. The summed E-state index contributed by atoms with van der Waals surface area (Å²) in [5.41, 5.74) is 3.41. The molecule has 96 valence electrons. The average molecular weight is 271 g/mol. The first-order valence-electron chi connectivity index (χ1n) is 6.13. The van der Waals surface area contributed by atoms with Gasteiger partial charge in [0.2, 0.25) is 5.91 Å². The van der Waals surface area contributed by atoms with Crippen LogP contribution >= 0.6 is 11.3 Å². The summed E-state index contributed by atoms with van der Waals surface area (Å²) in [6, 6.07) is 7.42. The third-order valence-electron chi connectivity index (χ3n) is 3.47. The van der Waals surface area contributed by atoms with Crippen LogP contribution in [0.3, 0.4) is 0 Å². The third kappa shape index (κ3) is 2.08. The van der Waals surface area contributed by atoms with E-state index >= 15 is 0 Å². The minimum Gasteiger partial charge on any atom is -0.315 e. The van der Waals surface area contributed by atoms with Crippen molar-refractivity contribution in [3.05, 3.63) is 51.7 Å². The van der Waals surface area contributed by atoms with E-state index in [2.05, 4.69) is 0 Å². The molecule has 2 heterocycles. The summed E-state index contributed by atoms with van der Waals surface area (Å²) in [7, 11) is 1.78. The highest BCUT2D eigenvalue weighted by Gasteiger charge is 2.22. The molecule has 1 aromatic heterocycles. The van der Waals surface area contributed by atoms with Gasteiger partial charge in [-0.3, -0.25) is 9.59 Å². The lowest BCUT2D eigenvalue weighted by Gasteiger charge is -2.25. The van der Waals surface area contributed by atoms with Gasteiger partial charge in [0.1, 0.15) is 0 Å². The van der Waals surface area contributed by atoms with E-state index in [4.69, 9.17) is 0 Å². The number of rotatable bonds is 2. The Bertz CT molecular complexity index is 646. The maximum Gasteiger partial charge on any atom is 0.227 e.